The van der Waals surface area contributed by atoms with Crippen LogP contribution in [0.4, 0.5) is 0 Å². The van der Waals surface area contributed by atoms with Crippen molar-refractivity contribution in [1.29, 1.82) is 0 Å². The number of hydrogen-bond acceptors (Lipinski definition) is 7. The first-order chi connectivity index (χ1) is 18.8. The van der Waals surface area contributed by atoms with Gasteiger partial charge >= 0.3 is 0 Å². The lowest BCUT2D eigenvalue weighted by Gasteiger charge is -2.11. The second kappa shape index (κ2) is 9.75. The third kappa shape index (κ3) is 4.31. The summed E-state index contributed by atoms with van der Waals surface area (Å²) in [5, 5.41) is 11.3. The number of H-pyrrole nitrogens is 2. The van der Waals surface area contributed by atoms with Gasteiger partial charge in [-0.3, -0.25) is 15.1 Å². The van der Waals surface area contributed by atoms with E-state index in [0.29, 0.717) is 17.2 Å². The molecule has 0 unspecified atom stereocenters. The number of aromatic nitrogens is 8. The lowest BCUT2D eigenvalue weighted by atomic mass is 10.1. The lowest BCUT2D eigenvalue weighted by molar-refractivity contribution is 0.489. The molecule has 0 radical (unpaired) electrons. The van der Waals surface area contributed by atoms with Crippen LogP contribution in [0, 0.1) is 5.92 Å². The summed E-state index contributed by atoms with van der Waals surface area (Å²) in [4.78, 5) is 26.3. The number of rotatable bonds is 7. The first-order valence-electron chi connectivity index (χ1n) is 13.1. The number of fused-ring (bicyclic) bond motifs is 2. The maximum absolute atomic E-state index is 4.97. The van der Waals surface area contributed by atoms with Crippen molar-refractivity contribution in [3.05, 3.63) is 72.9 Å². The molecule has 1 saturated carbocycles. The number of nitrogens with zero attached hydrogens (tertiary/aromatic N) is 6. The van der Waals surface area contributed by atoms with Crippen molar-refractivity contribution >= 4 is 22.2 Å². The van der Waals surface area contributed by atoms with E-state index in [1.54, 1.807) is 18.6 Å². The number of nitrogens with one attached hydrogen (secondary N) is 3. The van der Waals surface area contributed by atoms with Crippen molar-refractivity contribution in [1.82, 2.24) is 45.4 Å². The highest BCUT2D eigenvalue weighted by Crippen LogP contribution is 2.31. The minimum Gasteiger partial charge on any atom is -0.335 e. The van der Waals surface area contributed by atoms with Crippen LogP contribution in [0.25, 0.3) is 56.1 Å². The van der Waals surface area contributed by atoms with Gasteiger partial charge in [-0.15, -0.1) is 0 Å². The summed E-state index contributed by atoms with van der Waals surface area (Å²) in [5.41, 5.74) is 8.75. The Morgan fingerprint density at radius 1 is 0.895 bits per heavy atom. The van der Waals surface area contributed by atoms with Gasteiger partial charge in [0.15, 0.2) is 17.2 Å². The minimum absolute atomic E-state index is 0.618. The van der Waals surface area contributed by atoms with Crippen LogP contribution in [-0.2, 0) is 6.54 Å². The average molecular weight is 502 g/mol. The van der Waals surface area contributed by atoms with Gasteiger partial charge < -0.3 is 10.3 Å². The second-order valence-corrected chi connectivity index (χ2v) is 9.91. The molecule has 6 aromatic heterocycles. The highest BCUT2D eigenvalue weighted by Gasteiger charge is 2.18. The van der Waals surface area contributed by atoms with Crippen LogP contribution in [-0.4, -0.2) is 46.6 Å². The molecule has 0 aliphatic heterocycles. The average Bonchev–Trinajstić information content (AvgIpc) is 3.73. The summed E-state index contributed by atoms with van der Waals surface area (Å²) >= 11 is 0. The Hall–Kier alpha value is -4.50. The Labute approximate surface area is 219 Å². The Morgan fingerprint density at radius 2 is 1.79 bits per heavy atom. The zero-order valence-corrected chi connectivity index (χ0v) is 20.9. The number of aromatic amines is 2. The fourth-order valence-electron chi connectivity index (χ4n) is 5.38. The van der Waals surface area contributed by atoms with E-state index in [-0.39, 0.29) is 0 Å². The highest BCUT2D eigenvalue weighted by atomic mass is 15.2. The van der Waals surface area contributed by atoms with Crippen LogP contribution >= 0.6 is 0 Å². The smallest absolute Gasteiger partial charge is 0.178 e. The molecule has 0 atom stereocenters. The van der Waals surface area contributed by atoms with Crippen LogP contribution in [0.1, 0.15) is 31.2 Å². The molecule has 9 heteroatoms. The molecule has 7 rings (SSSR count). The van der Waals surface area contributed by atoms with Gasteiger partial charge in [-0.25, -0.2) is 15.0 Å². The summed E-state index contributed by atoms with van der Waals surface area (Å²) in [6.45, 7) is 1.88. The molecule has 1 fully saturated rings. The van der Waals surface area contributed by atoms with Crippen molar-refractivity contribution in [2.45, 2.75) is 32.2 Å². The molecule has 38 heavy (non-hydrogen) atoms. The fourth-order valence-corrected chi connectivity index (χ4v) is 5.38. The summed E-state index contributed by atoms with van der Waals surface area (Å²) in [6, 6.07) is 12.1. The molecule has 0 amide bonds. The zero-order valence-electron chi connectivity index (χ0n) is 20.9. The van der Waals surface area contributed by atoms with E-state index < -0.39 is 0 Å². The maximum Gasteiger partial charge on any atom is 0.178 e. The van der Waals surface area contributed by atoms with E-state index >= 15 is 0 Å². The Balaban J connectivity index is 1.20. The van der Waals surface area contributed by atoms with E-state index in [4.69, 9.17) is 9.97 Å². The van der Waals surface area contributed by atoms with Gasteiger partial charge in [0.2, 0.25) is 0 Å². The summed E-state index contributed by atoms with van der Waals surface area (Å²) in [5.74, 6) is 1.43. The molecule has 1 aliphatic carbocycles. The third-order valence-corrected chi connectivity index (χ3v) is 7.34. The summed E-state index contributed by atoms with van der Waals surface area (Å²) in [7, 11) is 0. The fraction of sp³-hybridized carbons (Fsp3) is 0.241. The number of imidazole rings is 1. The minimum atomic E-state index is 0.618. The maximum atomic E-state index is 4.97. The summed E-state index contributed by atoms with van der Waals surface area (Å²) < 4.78 is 0. The third-order valence-electron chi connectivity index (χ3n) is 7.34. The monoisotopic (exact) mass is 501 g/mol. The molecule has 0 bridgehead atoms. The molecule has 0 spiro atoms. The van der Waals surface area contributed by atoms with Crippen LogP contribution in [0.15, 0.2) is 67.4 Å². The molecular formula is C29H27N9. The van der Waals surface area contributed by atoms with Gasteiger partial charge in [0.25, 0.3) is 0 Å². The van der Waals surface area contributed by atoms with Crippen molar-refractivity contribution in [2.75, 3.05) is 6.54 Å². The Bertz CT molecular complexity index is 1710. The van der Waals surface area contributed by atoms with Crippen LogP contribution < -0.4 is 5.32 Å². The van der Waals surface area contributed by atoms with Gasteiger partial charge in [0.1, 0.15) is 5.52 Å². The molecule has 1 aliphatic rings. The number of pyridine rings is 4. The Kier molecular flexibility index (Phi) is 5.82. The van der Waals surface area contributed by atoms with E-state index in [1.807, 2.05) is 42.7 Å². The van der Waals surface area contributed by atoms with Gasteiger partial charge in [-0.1, -0.05) is 12.8 Å². The molecule has 188 valence electrons. The number of hydrogen-bond donors (Lipinski definition) is 3. The molecule has 6 heterocycles. The topological polar surface area (TPSA) is 121 Å². The van der Waals surface area contributed by atoms with Crippen LogP contribution in [0.5, 0.6) is 0 Å². The predicted octanol–water partition coefficient (Wildman–Crippen LogP) is 5.30. The normalized spacial score (nSPS) is 14.1. The van der Waals surface area contributed by atoms with Crippen LogP contribution in [0.3, 0.4) is 0 Å². The van der Waals surface area contributed by atoms with Gasteiger partial charge in [-0.2, -0.15) is 5.10 Å². The van der Waals surface area contributed by atoms with Crippen molar-refractivity contribution in [2.24, 2.45) is 5.92 Å². The van der Waals surface area contributed by atoms with E-state index in [0.717, 1.165) is 63.5 Å². The van der Waals surface area contributed by atoms with E-state index in [2.05, 4.69) is 41.5 Å². The van der Waals surface area contributed by atoms with Crippen molar-refractivity contribution < 1.29 is 0 Å². The first-order valence-corrected chi connectivity index (χ1v) is 13.1. The van der Waals surface area contributed by atoms with Gasteiger partial charge in [-0.05, 0) is 72.8 Å². The second-order valence-electron chi connectivity index (χ2n) is 9.91. The molecule has 3 N–H and O–H groups in total. The quantitative estimate of drug-likeness (QED) is 0.271. The molecule has 0 saturated heterocycles. The molecular weight excluding hydrogens is 474 g/mol. The van der Waals surface area contributed by atoms with Crippen molar-refractivity contribution in [3.63, 3.8) is 0 Å². The first kappa shape index (κ1) is 22.7. The van der Waals surface area contributed by atoms with Gasteiger partial charge in [0, 0.05) is 48.7 Å². The molecule has 6 aromatic rings. The zero-order chi connectivity index (χ0) is 25.3. The molecule has 0 aromatic carbocycles. The van der Waals surface area contributed by atoms with E-state index in [1.165, 1.54) is 25.7 Å². The summed E-state index contributed by atoms with van der Waals surface area (Å²) in [6.07, 6.45) is 14.5. The lowest BCUT2D eigenvalue weighted by Crippen LogP contribution is -2.20. The van der Waals surface area contributed by atoms with Crippen LogP contribution in [0.2, 0.25) is 0 Å². The molecule has 9 nitrogen and oxygen atoms in total. The standard InChI is InChI=1S/C29H27N9/c1-2-4-18(3-1)14-31-15-19-13-21(17-32-16-19)23-5-6-24-26(34-23)27(38-37-24)29-35-25-22(9-12-33-28(25)36-29)20-7-10-30-11-8-20/h5-13,16-18,31H,1-4,14-15H2,(H,37,38)(H,33,35,36). The van der Waals surface area contributed by atoms with Gasteiger partial charge in [0.05, 0.1) is 16.7 Å². The van der Waals surface area contributed by atoms with Crippen molar-refractivity contribution in [3.8, 4) is 33.9 Å². The SMILES string of the molecule is c1cc(-c2ccnc3nc(-c4n[nH]c5ccc(-c6cncc(CNCC7CCCC7)c6)nc45)[nH]c23)ccn1. The van der Waals surface area contributed by atoms with E-state index in [9.17, 15) is 0 Å². The predicted molar refractivity (Wildman–Crippen MR) is 147 cm³/mol. The Morgan fingerprint density at radius 3 is 2.68 bits per heavy atom. The highest BCUT2D eigenvalue weighted by molar-refractivity contribution is 5.94. The largest absolute Gasteiger partial charge is 0.335 e.